The van der Waals surface area contributed by atoms with Crippen molar-refractivity contribution in [1.82, 2.24) is 9.97 Å². The van der Waals surface area contributed by atoms with Crippen molar-refractivity contribution in [2.24, 2.45) is 5.84 Å². The molecule has 0 bridgehead atoms. The largest absolute Gasteiger partial charge is 0.442 e. The van der Waals surface area contributed by atoms with E-state index in [4.69, 9.17) is 20.3 Å². The molecule has 3 N–H and O–H groups in total. The van der Waals surface area contributed by atoms with Crippen LogP contribution < -0.4 is 16.0 Å². The molecule has 7 heteroatoms. The Morgan fingerprint density at radius 2 is 2.15 bits per heavy atom. The van der Waals surface area contributed by atoms with E-state index in [2.05, 4.69) is 15.4 Å². The van der Waals surface area contributed by atoms with E-state index in [9.17, 15) is 0 Å². The number of hydrogen-bond donors (Lipinski definition) is 2. The molecule has 0 aliphatic heterocycles. The molecule has 0 saturated heterocycles. The van der Waals surface area contributed by atoms with Crippen molar-refractivity contribution in [3.05, 3.63) is 42.3 Å². The average molecular weight is 267 g/mol. The molecule has 0 amide bonds. The van der Waals surface area contributed by atoms with Crippen molar-refractivity contribution in [1.29, 1.82) is 5.26 Å². The number of furan rings is 1. The van der Waals surface area contributed by atoms with Crippen LogP contribution in [-0.2, 0) is 0 Å². The summed E-state index contributed by atoms with van der Waals surface area (Å²) in [6.45, 7) is 0. The fourth-order valence-corrected chi connectivity index (χ4v) is 1.77. The zero-order chi connectivity index (χ0) is 13.9. The Bertz CT molecular complexity index is 806. The van der Waals surface area contributed by atoms with Gasteiger partial charge >= 0.3 is 0 Å². The van der Waals surface area contributed by atoms with Crippen LogP contribution in [0.4, 0.5) is 5.95 Å². The topological polar surface area (TPSA) is 110 Å². The van der Waals surface area contributed by atoms with E-state index in [0.29, 0.717) is 16.7 Å². The first-order valence-electron chi connectivity index (χ1n) is 5.71. The van der Waals surface area contributed by atoms with Crippen LogP contribution in [0.15, 0.2) is 40.9 Å². The fourth-order valence-electron chi connectivity index (χ4n) is 1.77. The number of benzene rings is 1. The molecule has 1 aromatic carbocycles. The summed E-state index contributed by atoms with van der Waals surface area (Å²) in [5.74, 6) is 6.13. The number of nitrogens with zero attached hydrogens (tertiary/aromatic N) is 3. The molecule has 3 rings (SSSR count). The monoisotopic (exact) mass is 267 g/mol. The number of anilines is 1. The second-order valence-corrected chi connectivity index (χ2v) is 3.83. The Kier molecular flexibility index (Phi) is 2.91. The number of nitrogen functional groups attached to an aromatic ring is 1. The molecule has 2 aromatic heterocycles. The summed E-state index contributed by atoms with van der Waals surface area (Å²) in [6, 6.07) is 10.7. The van der Waals surface area contributed by atoms with Gasteiger partial charge in [0.15, 0.2) is 5.75 Å². The minimum atomic E-state index is 0.0899. The Hall–Kier alpha value is -3.11. The Labute approximate surface area is 113 Å². The first kappa shape index (κ1) is 12.0. The highest BCUT2D eigenvalue weighted by Crippen LogP contribution is 2.35. The molecule has 0 spiro atoms. The van der Waals surface area contributed by atoms with E-state index in [-0.39, 0.29) is 17.6 Å². The summed E-state index contributed by atoms with van der Waals surface area (Å²) in [6.07, 6.45) is 1.49. The molecule has 0 aliphatic rings. The van der Waals surface area contributed by atoms with Gasteiger partial charge < -0.3 is 9.15 Å². The number of ether oxygens (including phenoxy) is 1. The lowest BCUT2D eigenvalue weighted by Gasteiger charge is -2.04. The minimum Gasteiger partial charge on any atom is -0.442 e. The highest BCUT2D eigenvalue weighted by molar-refractivity contribution is 5.86. The molecule has 98 valence electrons. The lowest BCUT2D eigenvalue weighted by Crippen LogP contribution is -2.10. The third-order valence-electron chi connectivity index (χ3n) is 2.62. The zero-order valence-corrected chi connectivity index (χ0v) is 10.2. The molecule has 0 unspecified atom stereocenters. The Morgan fingerprint density at radius 3 is 2.95 bits per heavy atom. The van der Waals surface area contributed by atoms with Crippen LogP contribution in [-0.4, -0.2) is 9.97 Å². The molecule has 0 radical (unpaired) electrons. The van der Waals surface area contributed by atoms with Gasteiger partial charge in [-0.1, -0.05) is 12.1 Å². The van der Waals surface area contributed by atoms with E-state index in [0.717, 1.165) is 0 Å². The number of hydrazine groups is 1. The van der Waals surface area contributed by atoms with Crippen LogP contribution in [0.25, 0.3) is 11.0 Å². The van der Waals surface area contributed by atoms with E-state index >= 15 is 0 Å². The number of nitrogens with one attached hydrogen (secondary N) is 1. The van der Waals surface area contributed by atoms with E-state index in [1.165, 1.54) is 6.20 Å². The summed E-state index contributed by atoms with van der Waals surface area (Å²) < 4.78 is 11.0. The van der Waals surface area contributed by atoms with Gasteiger partial charge in [0, 0.05) is 12.3 Å². The van der Waals surface area contributed by atoms with Gasteiger partial charge in [-0.2, -0.15) is 10.2 Å². The number of aromatic nitrogens is 2. The normalized spacial score (nSPS) is 10.2. The van der Waals surface area contributed by atoms with Crippen LogP contribution in [0.1, 0.15) is 5.76 Å². The van der Waals surface area contributed by atoms with E-state index in [1.807, 2.05) is 18.2 Å². The molecule has 0 aliphatic carbocycles. The van der Waals surface area contributed by atoms with Crippen molar-refractivity contribution in [3.8, 4) is 17.7 Å². The molecule has 3 aromatic rings. The van der Waals surface area contributed by atoms with E-state index < -0.39 is 0 Å². The second kappa shape index (κ2) is 4.87. The highest BCUT2D eigenvalue weighted by Gasteiger charge is 2.16. The minimum absolute atomic E-state index is 0.0899. The first-order valence-corrected chi connectivity index (χ1v) is 5.71. The summed E-state index contributed by atoms with van der Waals surface area (Å²) in [5.41, 5.74) is 2.90. The van der Waals surface area contributed by atoms with Crippen LogP contribution in [0, 0.1) is 11.3 Å². The molecule has 7 nitrogen and oxygen atoms in total. The molecular weight excluding hydrogens is 258 g/mol. The van der Waals surface area contributed by atoms with Crippen molar-refractivity contribution in [2.75, 3.05) is 5.43 Å². The number of nitrogens with two attached hydrogens (primary N) is 1. The van der Waals surface area contributed by atoms with Crippen LogP contribution in [0.2, 0.25) is 0 Å². The average Bonchev–Trinajstić information content (AvgIpc) is 2.85. The van der Waals surface area contributed by atoms with Crippen molar-refractivity contribution < 1.29 is 9.15 Å². The molecule has 0 fully saturated rings. The number of rotatable bonds is 3. The van der Waals surface area contributed by atoms with Crippen LogP contribution >= 0.6 is 0 Å². The maximum absolute atomic E-state index is 9.11. The van der Waals surface area contributed by atoms with Gasteiger partial charge in [0.1, 0.15) is 11.7 Å². The predicted molar refractivity (Wildman–Crippen MR) is 70.8 cm³/mol. The lowest BCUT2D eigenvalue weighted by atomic mass is 10.2. The number of fused-ring (bicyclic) bond motifs is 1. The van der Waals surface area contributed by atoms with Gasteiger partial charge in [0.05, 0.1) is 5.39 Å². The Morgan fingerprint density at radius 1 is 1.30 bits per heavy atom. The second-order valence-electron chi connectivity index (χ2n) is 3.83. The molecule has 0 atom stereocenters. The summed E-state index contributed by atoms with van der Waals surface area (Å²) in [7, 11) is 0. The smallest absolute Gasteiger partial charge is 0.247 e. The molecular formula is C13H9N5O2. The van der Waals surface area contributed by atoms with E-state index in [1.54, 1.807) is 18.2 Å². The number of para-hydroxylation sites is 1. The van der Waals surface area contributed by atoms with Gasteiger partial charge in [0.25, 0.3) is 0 Å². The van der Waals surface area contributed by atoms with Crippen molar-refractivity contribution >= 4 is 16.9 Å². The van der Waals surface area contributed by atoms with Crippen LogP contribution in [0.3, 0.4) is 0 Å². The maximum Gasteiger partial charge on any atom is 0.247 e. The zero-order valence-electron chi connectivity index (χ0n) is 10.2. The fraction of sp³-hybridized carbons (Fsp3) is 0. The van der Waals surface area contributed by atoms with Gasteiger partial charge in [-0.25, -0.2) is 10.8 Å². The molecule has 20 heavy (non-hydrogen) atoms. The maximum atomic E-state index is 9.11. The van der Waals surface area contributed by atoms with Crippen LogP contribution in [0.5, 0.6) is 11.6 Å². The van der Waals surface area contributed by atoms with Crippen molar-refractivity contribution in [2.45, 2.75) is 0 Å². The molecule has 0 saturated carbocycles. The van der Waals surface area contributed by atoms with Gasteiger partial charge in [0.2, 0.25) is 17.6 Å². The summed E-state index contributed by atoms with van der Waals surface area (Å²) >= 11 is 0. The number of nitriles is 1. The van der Waals surface area contributed by atoms with Gasteiger partial charge in [-0.15, -0.1) is 0 Å². The Balaban J connectivity index is 2.07. The number of hydrogen-bond acceptors (Lipinski definition) is 7. The predicted octanol–water partition coefficient (Wildman–Crippen LogP) is 2.17. The van der Waals surface area contributed by atoms with Gasteiger partial charge in [-0.3, -0.25) is 5.43 Å². The van der Waals surface area contributed by atoms with Crippen molar-refractivity contribution in [3.63, 3.8) is 0 Å². The third kappa shape index (κ3) is 2.00. The molecule has 2 heterocycles. The third-order valence-corrected chi connectivity index (χ3v) is 2.62. The quantitative estimate of drug-likeness (QED) is 0.552. The standard InChI is InChI=1S/C13H9N5O2/c14-7-10-12(8-3-1-2-4-9(8)19-10)20-11-5-6-16-13(17-11)18-15/h1-6H,15H2,(H,16,17,18). The first-order chi connectivity index (χ1) is 9.81. The van der Waals surface area contributed by atoms with Gasteiger partial charge in [-0.05, 0) is 12.1 Å². The summed E-state index contributed by atoms with van der Waals surface area (Å²) in [4.78, 5) is 7.90. The SMILES string of the molecule is N#Cc1oc2ccccc2c1Oc1ccnc(NN)n1. The highest BCUT2D eigenvalue weighted by atomic mass is 16.5. The lowest BCUT2D eigenvalue weighted by molar-refractivity contribution is 0.450. The summed E-state index contributed by atoms with van der Waals surface area (Å²) in [5, 5.41) is 9.81.